The van der Waals surface area contributed by atoms with Gasteiger partial charge in [-0.1, -0.05) is 47.6 Å². The number of nitrogens with zero attached hydrogens (tertiary/aromatic N) is 8. The number of rotatable bonds is 7. The minimum absolute atomic E-state index is 0.173. The number of hydrogen-bond donors (Lipinski definition) is 2. The van der Waals surface area contributed by atoms with Gasteiger partial charge in [-0.25, -0.2) is 15.0 Å². The Hall–Kier alpha value is -6.26. The number of H-pyrrole nitrogens is 2. The second-order valence-electron chi connectivity index (χ2n) is 16.3. The van der Waals surface area contributed by atoms with E-state index in [1.165, 1.54) is 0 Å². The lowest BCUT2D eigenvalue weighted by Crippen LogP contribution is -2.30. The molecule has 2 amide bonds. The summed E-state index contributed by atoms with van der Waals surface area (Å²) in [6.07, 6.45) is 6.77. The Morgan fingerprint density at radius 2 is 1.15 bits per heavy atom. The van der Waals surface area contributed by atoms with Crippen LogP contribution in [0.25, 0.3) is 10.6 Å². The maximum absolute atomic E-state index is 13.6. The van der Waals surface area contributed by atoms with Gasteiger partial charge in [0.1, 0.15) is 4.60 Å². The van der Waals surface area contributed by atoms with Gasteiger partial charge in [-0.05, 0) is 75.9 Å². The molecule has 7 aromatic heterocycles. The number of anilines is 2. The topological polar surface area (TPSA) is 168 Å². The molecule has 0 aliphatic carbocycles. The number of nitrogens with one attached hydrogen (secondary N) is 2. The first kappa shape index (κ1) is 40.5. The molecule has 7 aromatic rings. The molecule has 16 heteroatoms. The zero-order chi connectivity index (χ0) is 42.5. The molecular formula is C44H43BrN10O4S. The van der Waals surface area contributed by atoms with Crippen molar-refractivity contribution in [3.8, 4) is 22.3 Å². The molecule has 0 spiro atoms. The average molecular weight is 888 g/mol. The Labute approximate surface area is 359 Å². The van der Waals surface area contributed by atoms with Crippen LogP contribution in [-0.4, -0.2) is 66.4 Å². The van der Waals surface area contributed by atoms with Gasteiger partial charge in [-0.2, -0.15) is 10.2 Å². The second-order valence-corrected chi connectivity index (χ2v) is 18.1. The largest absolute Gasteiger partial charge is 0.481 e. The highest BCUT2D eigenvalue weighted by Crippen LogP contribution is 2.48. The van der Waals surface area contributed by atoms with Crippen molar-refractivity contribution < 1.29 is 19.1 Å². The number of carbonyl (C=O) groups excluding carboxylic acids is 2. The van der Waals surface area contributed by atoms with E-state index >= 15 is 0 Å². The zero-order valence-electron chi connectivity index (χ0n) is 34.3. The number of carbonyl (C=O) groups is 2. The molecule has 2 aliphatic rings. The Kier molecular flexibility index (Phi) is 10.6. The number of ether oxygens (including phenoxy) is 2. The third-order valence-electron chi connectivity index (χ3n) is 10.4. The highest BCUT2D eigenvalue weighted by atomic mass is 79.9. The van der Waals surface area contributed by atoms with Crippen LogP contribution in [0.5, 0.6) is 11.8 Å². The van der Waals surface area contributed by atoms with Crippen molar-refractivity contribution in [2.24, 2.45) is 0 Å². The summed E-state index contributed by atoms with van der Waals surface area (Å²) in [5.41, 5.74) is 7.80. The molecule has 2 aliphatic heterocycles. The Bertz CT molecular complexity index is 2680. The Morgan fingerprint density at radius 3 is 1.55 bits per heavy atom. The van der Waals surface area contributed by atoms with Gasteiger partial charge in [0.05, 0.1) is 60.6 Å². The van der Waals surface area contributed by atoms with Gasteiger partial charge in [0.2, 0.25) is 11.8 Å². The summed E-state index contributed by atoms with van der Waals surface area (Å²) in [5, 5.41) is 17.0. The molecule has 306 valence electrons. The highest BCUT2D eigenvalue weighted by Gasteiger charge is 2.47. The van der Waals surface area contributed by atoms with Crippen molar-refractivity contribution in [3.63, 3.8) is 0 Å². The fourth-order valence-corrected chi connectivity index (χ4v) is 8.66. The molecule has 14 nitrogen and oxygen atoms in total. The van der Waals surface area contributed by atoms with Crippen LogP contribution in [0.3, 0.4) is 0 Å². The monoisotopic (exact) mass is 886 g/mol. The molecule has 9 heterocycles. The van der Waals surface area contributed by atoms with Crippen LogP contribution in [0.2, 0.25) is 0 Å². The predicted molar refractivity (Wildman–Crippen MR) is 233 cm³/mol. The molecule has 0 fully saturated rings. The van der Waals surface area contributed by atoms with Crippen LogP contribution in [0, 0.1) is 0 Å². The first-order chi connectivity index (χ1) is 28.7. The smallest absolute Gasteiger partial charge is 0.280 e. The van der Waals surface area contributed by atoms with E-state index in [4.69, 9.17) is 9.47 Å². The number of aromatic nitrogens is 8. The van der Waals surface area contributed by atoms with Gasteiger partial charge in [-0.3, -0.25) is 34.6 Å². The van der Waals surface area contributed by atoms with Crippen LogP contribution in [0.15, 0.2) is 95.4 Å². The van der Waals surface area contributed by atoms with E-state index in [9.17, 15) is 9.59 Å². The molecule has 2 N–H and O–H groups in total. The summed E-state index contributed by atoms with van der Waals surface area (Å²) < 4.78 is 11.8. The van der Waals surface area contributed by atoms with Crippen LogP contribution in [-0.2, 0) is 10.8 Å². The highest BCUT2D eigenvalue weighted by molar-refractivity contribution is 9.10. The number of methoxy groups -OCH3 is 2. The van der Waals surface area contributed by atoms with E-state index in [2.05, 4.69) is 97.8 Å². The van der Waals surface area contributed by atoms with Gasteiger partial charge in [-0.15, -0.1) is 11.3 Å². The minimum Gasteiger partial charge on any atom is -0.481 e. The number of pyridine rings is 4. The summed E-state index contributed by atoms with van der Waals surface area (Å²) >= 11 is 4.98. The van der Waals surface area contributed by atoms with Crippen molar-refractivity contribution in [1.82, 2.24) is 40.3 Å². The zero-order valence-corrected chi connectivity index (χ0v) is 36.7. The number of hydrogen-bond acceptors (Lipinski definition) is 11. The fourth-order valence-electron chi connectivity index (χ4n) is 7.72. The quantitative estimate of drug-likeness (QED) is 0.147. The molecule has 0 bridgehead atoms. The molecule has 0 radical (unpaired) electrons. The third kappa shape index (κ3) is 7.12. The van der Waals surface area contributed by atoms with Crippen molar-refractivity contribution in [2.75, 3.05) is 24.0 Å². The second kappa shape index (κ2) is 15.7. The standard InChI is InChI=1S/C24H23N5O2S.C20H20BrN5O2/c1-24(2,3)21-18-19(27-28-21)23(30)29(20(18)15-7-5-11-25-22(15)31-4)14-9-10-16(26-13-14)17-8-6-12-32-17;1-20(2,3)17-14-15(24-25-17)19(27)26(11-7-8-13(21)23-10-11)16(14)12-6-5-9-22-18(12)28-4/h5-13,20H,1-4H3,(H,27,28);5-10,16H,1-4H3,(H,24,25). The van der Waals surface area contributed by atoms with Gasteiger partial charge in [0.25, 0.3) is 11.8 Å². The molecule has 60 heavy (non-hydrogen) atoms. The number of halogens is 1. The molecule has 0 saturated carbocycles. The Balaban J connectivity index is 0.000000168. The maximum atomic E-state index is 13.6. The number of aromatic amines is 2. The van der Waals surface area contributed by atoms with E-state index in [-0.39, 0.29) is 22.6 Å². The minimum atomic E-state index is -0.427. The van der Waals surface area contributed by atoms with Crippen LogP contribution >= 0.6 is 27.3 Å². The molecule has 2 atom stereocenters. The molecule has 2 unspecified atom stereocenters. The first-order valence-corrected chi connectivity index (χ1v) is 20.8. The third-order valence-corrected chi connectivity index (χ3v) is 11.7. The lowest BCUT2D eigenvalue weighted by Gasteiger charge is -2.28. The van der Waals surface area contributed by atoms with Crippen molar-refractivity contribution in [3.05, 3.63) is 140 Å². The summed E-state index contributed by atoms with van der Waals surface area (Å²) in [5.74, 6) is 0.603. The lowest BCUT2D eigenvalue weighted by molar-refractivity contribution is 0.0980. The average Bonchev–Trinajstić information content (AvgIpc) is 4.08. The van der Waals surface area contributed by atoms with Crippen molar-refractivity contribution in [2.45, 2.75) is 64.5 Å². The van der Waals surface area contributed by atoms with Crippen molar-refractivity contribution in [1.29, 1.82) is 0 Å². The van der Waals surface area contributed by atoms with Crippen LogP contribution in [0.4, 0.5) is 11.4 Å². The maximum Gasteiger partial charge on any atom is 0.280 e. The molecule has 9 rings (SSSR count). The van der Waals surface area contributed by atoms with Gasteiger partial charge in [0.15, 0.2) is 11.4 Å². The van der Waals surface area contributed by atoms with E-state index in [0.717, 1.165) is 44.2 Å². The van der Waals surface area contributed by atoms with E-state index in [0.29, 0.717) is 39.1 Å². The number of fused-ring (bicyclic) bond motifs is 2. The number of thiophene rings is 1. The molecule has 0 saturated heterocycles. The van der Waals surface area contributed by atoms with Gasteiger partial charge in [0, 0.05) is 56.9 Å². The van der Waals surface area contributed by atoms with Crippen LogP contribution < -0.4 is 19.3 Å². The summed E-state index contributed by atoms with van der Waals surface area (Å²) in [6, 6.07) is 18.3. The molecular weight excluding hydrogens is 845 g/mol. The van der Waals surface area contributed by atoms with Gasteiger partial charge >= 0.3 is 0 Å². The lowest BCUT2D eigenvalue weighted by atomic mass is 9.85. The SMILES string of the molecule is COc1ncccc1C1c2c(n[nH]c2C(C)(C)C)C(=O)N1c1ccc(-c2cccs2)nc1.COc1ncccc1C1c2c(n[nH]c2C(C)(C)C)C(=O)N1c1ccc(Br)nc1. The van der Waals surface area contributed by atoms with E-state index in [1.54, 1.807) is 60.1 Å². The molecule has 0 aromatic carbocycles. The van der Waals surface area contributed by atoms with Gasteiger partial charge < -0.3 is 9.47 Å². The Morgan fingerprint density at radius 1 is 0.650 bits per heavy atom. The first-order valence-electron chi connectivity index (χ1n) is 19.2. The summed E-state index contributed by atoms with van der Waals surface area (Å²) in [4.78, 5) is 49.1. The number of amides is 2. The van der Waals surface area contributed by atoms with E-state index in [1.807, 2.05) is 66.0 Å². The summed E-state index contributed by atoms with van der Waals surface area (Å²) in [6.45, 7) is 12.6. The predicted octanol–water partition coefficient (Wildman–Crippen LogP) is 9.00. The van der Waals surface area contributed by atoms with E-state index < -0.39 is 12.1 Å². The normalized spacial score (nSPS) is 16.1. The fraction of sp³-hybridized carbons (Fsp3) is 0.273. The van der Waals surface area contributed by atoms with Crippen molar-refractivity contribution >= 4 is 50.5 Å². The van der Waals surface area contributed by atoms with Crippen LogP contribution in [0.1, 0.15) is 108 Å². The summed E-state index contributed by atoms with van der Waals surface area (Å²) in [7, 11) is 3.17.